The second-order valence-corrected chi connectivity index (χ2v) is 18.8. The van der Waals surface area contributed by atoms with Crippen LogP contribution in [0.3, 0.4) is 0 Å². The van der Waals surface area contributed by atoms with Gasteiger partial charge in [-0.1, -0.05) is 191 Å². The summed E-state index contributed by atoms with van der Waals surface area (Å²) in [6.07, 6.45) is 0. The molecule has 0 radical (unpaired) electrons. The molecule has 13 rings (SSSR count). The molecular formula is C62H45NO. The highest BCUT2D eigenvalue weighted by atomic mass is 16.3. The molecule has 0 aliphatic heterocycles. The summed E-state index contributed by atoms with van der Waals surface area (Å²) in [5.41, 5.74) is 20.0. The second kappa shape index (κ2) is 13.4. The van der Waals surface area contributed by atoms with Crippen molar-refractivity contribution in [1.82, 2.24) is 0 Å². The third kappa shape index (κ3) is 5.14. The molecule has 0 saturated heterocycles. The molecule has 10 aromatic carbocycles. The van der Waals surface area contributed by atoms with Crippen molar-refractivity contribution in [2.24, 2.45) is 0 Å². The zero-order chi connectivity index (χ0) is 42.9. The number of hydrogen-bond donors (Lipinski definition) is 0. The molecule has 2 aliphatic carbocycles. The van der Waals surface area contributed by atoms with Crippen LogP contribution in [0, 0.1) is 0 Å². The number of hydrogen-bond acceptors (Lipinski definition) is 2. The molecule has 64 heavy (non-hydrogen) atoms. The van der Waals surface area contributed by atoms with Crippen LogP contribution in [-0.4, -0.2) is 0 Å². The zero-order valence-electron chi connectivity index (χ0n) is 36.4. The Morgan fingerprint density at radius 1 is 0.344 bits per heavy atom. The van der Waals surface area contributed by atoms with Gasteiger partial charge in [-0.25, -0.2) is 0 Å². The van der Waals surface area contributed by atoms with E-state index in [0.717, 1.165) is 55.5 Å². The molecule has 2 nitrogen and oxygen atoms in total. The van der Waals surface area contributed by atoms with Gasteiger partial charge in [0.05, 0.1) is 11.1 Å². The number of benzene rings is 10. The molecule has 1 heterocycles. The van der Waals surface area contributed by atoms with Crippen LogP contribution in [0.15, 0.2) is 205 Å². The highest BCUT2D eigenvalue weighted by Gasteiger charge is 2.38. The van der Waals surface area contributed by atoms with Crippen LogP contribution in [0.25, 0.3) is 88.0 Å². The van der Waals surface area contributed by atoms with E-state index in [-0.39, 0.29) is 10.8 Å². The Labute approximate surface area is 373 Å². The maximum absolute atomic E-state index is 7.18. The SMILES string of the molecule is CC1(C)c2ccccc2-c2ccc(N(c3ccc4c(c3)C(C)(C)c3ccccc3-4)c3c(-c4ccc(-c5ccccc5)cc4)ccc4oc5c6ccccc6c6ccccc6c5c34)cc21. The van der Waals surface area contributed by atoms with Crippen molar-refractivity contribution in [2.45, 2.75) is 38.5 Å². The van der Waals surface area contributed by atoms with Crippen molar-refractivity contribution in [1.29, 1.82) is 0 Å². The number of rotatable bonds is 5. The lowest BCUT2D eigenvalue weighted by Gasteiger charge is -2.31. The van der Waals surface area contributed by atoms with Gasteiger partial charge in [-0.3, -0.25) is 0 Å². The minimum atomic E-state index is -0.186. The van der Waals surface area contributed by atoms with E-state index in [2.05, 4.69) is 233 Å². The molecule has 0 spiro atoms. The monoisotopic (exact) mass is 819 g/mol. The van der Waals surface area contributed by atoms with Gasteiger partial charge in [-0.2, -0.15) is 0 Å². The van der Waals surface area contributed by atoms with Crippen molar-refractivity contribution >= 4 is 60.5 Å². The Hall–Kier alpha value is -7.68. The van der Waals surface area contributed by atoms with Crippen molar-refractivity contribution in [3.63, 3.8) is 0 Å². The first-order valence-corrected chi connectivity index (χ1v) is 22.5. The van der Waals surface area contributed by atoms with E-state index < -0.39 is 0 Å². The Bertz CT molecular complexity index is 3610. The molecule has 0 amide bonds. The van der Waals surface area contributed by atoms with Crippen molar-refractivity contribution in [3.05, 3.63) is 222 Å². The predicted octanol–water partition coefficient (Wildman–Crippen LogP) is 17.3. The highest BCUT2D eigenvalue weighted by Crippen LogP contribution is 2.56. The molecular weight excluding hydrogens is 775 g/mol. The highest BCUT2D eigenvalue weighted by molar-refractivity contribution is 6.33. The smallest absolute Gasteiger partial charge is 0.143 e. The molecule has 11 aromatic rings. The van der Waals surface area contributed by atoms with Gasteiger partial charge in [0.2, 0.25) is 0 Å². The first-order chi connectivity index (χ1) is 31.3. The van der Waals surface area contributed by atoms with Crippen LogP contribution in [0.1, 0.15) is 49.9 Å². The third-order valence-corrected chi connectivity index (χ3v) is 14.7. The topological polar surface area (TPSA) is 16.4 Å². The van der Waals surface area contributed by atoms with Gasteiger partial charge in [0, 0.05) is 38.5 Å². The van der Waals surface area contributed by atoms with Gasteiger partial charge in [-0.15, -0.1) is 0 Å². The van der Waals surface area contributed by atoms with Gasteiger partial charge >= 0.3 is 0 Å². The summed E-state index contributed by atoms with van der Waals surface area (Å²) in [6, 6.07) is 74.1. The van der Waals surface area contributed by atoms with Crippen LogP contribution in [0.4, 0.5) is 17.1 Å². The predicted molar refractivity (Wildman–Crippen MR) is 269 cm³/mol. The standard InChI is InChI=1S/C62H45NO/c1-61(2)52-24-14-12-20-46(52)48-32-30-41(36-54(48)61)63(42-31-33-49-47-21-13-15-25-53(47)62(3,4)55(49)37-42)59-43(40-28-26-39(27-29-40)38-16-6-5-7-17-38)34-35-56-58(59)57-50-22-10-8-18-44(50)45-19-9-11-23-51(45)60(57)64-56/h5-37H,1-4H3. The molecule has 304 valence electrons. The number of fused-ring (bicyclic) bond motifs is 14. The zero-order valence-corrected chi connectivity index (χ0v) is 36.4. The quantitative estimate of drug-likeness (QED) is 0.161. The molecule has 0 unspecified atom stereocenters. The molecule has 0 bridgehead atoms. The average Bonchev–Trinajstić information content (AvgIpc) is 3.93. The number of furan rings is 1. The summed E-state index contributed by atoms with van der Waals surface area (Å²) >= 11 is 0. The Balaban J connectivity index is 1.16. The van der Waals surface area contributed by atoms with Gasteiger partial charge in [0.1, 0.15) is 11.2 Å². The van der Waals surface area contributed by atoms with Crippen LogP contribution in [0.2, 0.25) is 0 Å². The minimum absolute atomic E-state index is 0.186. The summed E-state index contributed by atoms with van der Waals surface area (Å²) in [5.74, 6) is 0. The molecule has 0 N–H and O–H groups in total. The van der Waals surface area contributed by atoms with Gasteiger partial charge in [-0.05, 0) is 114 Å². The van der Waals surface area contributed by atoms with Gasteiger partial charge in [0.15, 0.2) is 0 Å². The van der Waals surface area contributed by atoms with Gasteiger partial charge in [0.25, 0.3) is 0 Å². The van der Waals surface area contributed by atoms with Crippen LogP contribution >= 0.6 is 0 Å². The average molecular weight is 820 g/mol. The maximum Gasteiger partial charge on any atom is 0.143 e. The van der Waals surface area contributed by atoms with Crippen molar-refractivity contribution in [2.75, 3.05) is 4.90 Å². The molecule has 1 aromatic heterocycles. The lowest BCUT2D eigenvalue weighted by Crippen LogP contribution is -2.18. The van der Waals surface area contributed by atoms with E-state index in [1.165, 1.54) is 71.8 Å². The summed E-state index contributed by atoms with van der Waals surface area (Å²) in [4.78, 5) is 2.56. The third-order valence-electron chi connectivity index (χ3n) is 14.7. The lowest BCUT2D eigenvalue weighted by molar-refractivity contribution is 0.660. The Morgan fingerprint density at radius 2 is 0.797 bits per heavy atom. The Morgan fingerprint density at radius 3 is 1.41 bits per heavy atom. The largest absolute Gasteiger partial charge is 0.455 e. The number of nitrogens with zero attached hydrogens (tertiary/aromatic N) is 1. The lowest BCUT2D eigenvalue weighted by atomic mass is 9.82. The van der Waals surface area contributed by atoms with E-state index in [1.54, 1.807) is 0 Å². The van der Waals surface area contributed by atoms with Crippen molar-refractivity contribution < 1.29 is 4.42 Å². The van der Waals surface area contributed by atoms with Gasteiger partial charge < -0.3 is 9.32 Å². The van der Waals surface area contributed by atoms with E-state index in [0.29, 0.717) is 0 Å². The van der Waals surface area contributed by atoms with E-state index in [1.807, 2.05) is 0 Å². The fraction of sp³-hybridized carbons (Fsp3) is 0.0968. The fourth-order valence-electron chi connectivity index (χ4n) is 11.5. The van der Waals surface area contributed by atoms with E-state index in [9.17, 15) is 0 Å². The molecule has 2 aliphatic rings. The first kappa shape index (κ1) is 36.9. The summed E-state index contributed by atoms with van der Waals surface area (Å²) in [6.45, 7) is 9.51. The maximum atomic E-state index is 7.18. The molecule has 2 heteroatoms. The minimum Gasteiger partial charge on any atom is -0.455 e. The van der Waals surface area contributed by atoms with E-state index >= 15 is 0 Å². The first-order valence-electron chi connectivity index (χ1n) is 22.5. The molecule has 0 fully saturated rings. The van der Waals surface area contributed by atoms with Crippen LogP contribution < -0.4 is 4.90 Å². The van der Waals surface area contributed by atoms with Crippen molar-refractivity contribution in [3.8, 4) is 44.5 Å². The normalized spacial score (nSPS) is 14.2. The summed E-state index contributed by atoms with van der Waals surface area (Å²) in [7, 11) is 0. The van der Waals surface area contributed by atoms with Crippen LogP contribution in [0.5, 0.6) is 0 Å². The van der Waals surface area contributed by atoms with E-state index in [4.69, 9.17) is 4.42 Å². The molecule has 0 atom stereocenters. The second-order valence-electron chi connectivity index (χ2n) is 18.8. The molecule has 0 saturated carbocycles. The number of anilines is 3. The fourth-order valence-corrected chi connectivity index (χ4v) is 11.5. The summed E-state index contributed by atoms with van der Waals surface area (Å²) in [5, 5.41) is 6.96. The Kier molecular flexibility index (Phi) is 7.74. The van der Waals surface area contributed by atoms with Crippen LogP contribution in [-0.2, 0) is 10.8 Å². The summed E-state index contributed by atoms with van der Waals surface area (Å²) < 4.78 is 7.18.